The van der Waals surface area contributed by atoms with E-state index in [1.165, 1.54) is 0 Å². The summed E-state index contributed by atoms with van der Waals surface area (Å²) in [5.74, 6) is 0. The maximum Gasteiger partial charge on any atom is 0.0597 e. The molecule has 1 aromatic heterocycles. The van der Waals surface area contributed by atoms with Gasteiger partial charge in [-0.25, -0.2) is 0 Å². The molecule has 0 saturated heterocycles. The number of rotatable bonds is 5. The van der Waals surface area contributed by atoms with E-state index in [9.17, 15) is 0 Å². The average Bonchev–Trinajstić information content (AvgIpc) is 2.84. The number of hydrogen-bond acceptors (Lipinski definition) is 3. The summed E-state index contributed by atoms with van der Waals surface area (Å²) in [5.41, 5.74) is 3.31. The number of halogens is 1. The second-order valence-corrected chi connectivity index (χ2v) is 5.05. The number of nitrogens with one attached hydrogen (secondary N) is 1. The molecule has 5 heteroatoms. The molecule has 0 bridgehead atoms. The van der Waals surface area contributed by atoms with Crippen LogP contribution < -0.4 is 10.2 Å². The number of nitrogens with zero attached hydrogens (tertiary/aromatic N) is 3. The van der Waals surface area contributed by atoms with Gasteiger partial charge in [-0.1, -0.05) is 11.6 Å². The Morgan fingerprint density at radius 1 is 1.37 bits per heavy atom. The lowest BCUT2D eigenvalue weighted by Crippen LogP contribution is -2.12. The van der Waals surface area contributed by atoms with Gasteiger partial charge in [-0.2, -0.15) is 5.10 Å². The van der Waals surface area contributed by atoms with Gasteiger partial charge in [0.1, 0.15) is 0 Å². The van der Waals surface area contributed by atoms with Crippen LogP contribution in [0.5, 0.6) is 0 Å². The lowest BCUT2D eigenvalue weighted by atomic mass is 10.2. The SMILES string of the molecule is CCn1cc(CNc2cc(Cl)ccc2N(C)C)cn1. The van der Waals surface area contributed by atoms with E-state index in [2.05, 4.69) is 22.2 Å². The van der Waals surface area contributed by atoms with Gasteiger partial charge in [0.05, 0.1) is 17.6 Å². The molecule has 2 aromatic rings. The first-order valence-electron chi connectivity index (χ1n) is 6.32. The molecule has 19 heavy (non-hydrogen) atoms. The van der Waals surface area contributed by atoms with E-state index < -0.39 is 0 Å². The number of anilines is 2. The van der Waals surface area contributed by atoms with Crippen molar-refractivity contribution in [2.24, 2.45) is 0 Å². The Kier molecular flexibility index (Phi) is 4.32. The highest BCUT2D eigenvalue weighted by atomic mass is 35.5. The van der Waals surface area contributed by atoms with Crippen LogP contribution >= 0.6 is 11.6 Å². The third-order valence-electron chi connectivity index (χ3n) is 2.93. The normalized spacial score (nSPS) is 10.5. The summed E-state index contributed by atoms with van der Waals surface area (Å²) in [6.07, 6.45) is 3.93. The molecule has 1 aromatic carbocycles. The molecule has 2 rings (SSSR count). The summed E-state index contributed by atoms with van der Waals surface area (Å²) in [4.78, 5) is 2.06. The first kappa shape index (κ1) is 13.7. The van der Waals surface area contributed by atoms with Gasteiger partial charge in [-0.05, 0) is 25.1 Å². The summed E-state index contributed by atoms with van der Waals surface area (Å²) in [6, 6.07) is 5.86. The predicted molar refractivity (Wildman–Crippen MR) is 81.0 cm³/mol. The Labute approximate surface area is 119 Å². The molecule has 1 heterocycles. The zero-order valence-electron chi connectivity index (χ0n) is 11.5. The zero-order chi connectivity index (χ0) is 13.8. The van der Waals surface area contributed by atoms with E-state index in [0.717, 1.165) is 35.1 Å². The smallest absolute Gasteiger partial charge is 0.0597 e. The van der Waals surface area contributed by atoms with Crippen LogP contribution in [0.25, 0.3) is 0 Å². The number of aromatic nitrogens is 2. The van der Waals surface area contributed by atoms with Crippen molar-refractivity contribution >= 4 is 23.0 Å². The molecule has 0 radical (unpaired) electrons. The molecule has 4 nitrogen and oxygen atoms in total. The average molecular weight is 279 g/mol. The number of aryl methyl sites for hydroxylation is 1. The van der Waals surface area contributed by atoms with E-state index in [-0.39, 0.29) is 0 Å². The van der Waals surface area contributed by atoms with E-state index in [1.807, 2.05) is 49.4 Å². The highest BCUT2D eigenvalue weighted by molar-refractivity contribution is 6.31. The minimum atomic E-state index is 0.734. The second kappa shape index (κ2) is 5.97. The van der Waals surface area contributed by atoms with Gasteiger partial charge in [-0.15, -0.1) is 0 Å². The molecule has 0 atom stereocenters. The van der Waals surface area contributed by atoms with Crippen LogP contribution in [-0.4, -0.2) is 23.9 Å². The Morgan fingerprint density at radius 3 is 2.79 bits per heavy atom. The third kappa shape index (κ3) is 3.41. The molecule has 0 aliphatic heterocycles. The first-order chi connectivity index (χ1) is 9.10. The molecule has 102 valence electrons. The molecule has 0 aliphatic rings. The molecule has 0 spiro atoms. The standard InChI is InChI=1S/C14H19ClN4/c1-4-19-10-11(9-17-19)8-16-13-7-12(15)5-6-14(13)18(2)3/h5-7,9-10,16H,4,8H2,1-3H3. The summed E-state index contributed by atoms with van der Waals surface area (Å²) in [6.45, 7) is 3.70. The summed E-state index contributed by atoms with van der Waals surface area (Å²) in [7, 11) is 4.03. The second-order valence-electron chi connectivity index (χ2n) is 4.61. The molecule has 0 fully saturated rings. The summed E-state index contributed by atoms with van der Waals surface area (Å²) < 4.78 is 1.92. The zero-order valence-corrected chi connectivity index (χ0v) is 12.3. The Bertz CT molecular complexity index is 548. The topological polar surface area (TPSA) is 33.1 Å². The van der Waals surface area contributed by atoms with Gasteiger partial charge in [0.25, 0.3) is 0 Å². The maximum absolute atomic E-state index is 6.05. The maximum atomic E-state index is 6.05. The minimum absolute atomic E-state index is 0.734. The molecule has 0 aliphatic carbocycles. The lowest BCUT2D eigenvalue weighted by molar-refractivity contribution is 0.659. The first-order valence-corrected chi connectivity index (χ1v) is 6.70. The Morgan fingerprint density at radius 2 is 2.16 bits per heavy atom. The van der Waals surface area contributed by atoms with Gasteiger partial charge >= 0.3 is 0 Å². The highest BCUT2D eigenvalue weighted by Crippen LogP contribution is 2.28. The van der Waals surface area contributed by atoms with E-state index in [4.69, 9.17) is 11.6 Å². The number of hydrogen-bond donors (Lipinski definition) is 1. The minimum Gasteiger partial charge on any atom is -0.379 e. The van der Waals surface area contributed by atoms with Crippen LogP contribution in [0.2, 0.25) is 5.02 Å². The Balaban J connectivity index is 2.12. The van der Waals surface area contributed by atoms with Crippen LogP contribution in [0.4, 0.5) is 11.4 Å². The van der Waals surface area contributed by atoms with Gasteiger partial charge in [-0.3, -0.25) is 4.68 Å². The molecular formula is C14H19ClN4. The molecule has 0 amide bonds. The van der Waals surface area contributed by atoms with Crippen LogP contribution in [0.1, 0.15) is 12.5 Å². The predicted octanol–water partition coefficient (Wildman–Crippen LogP) is 3.23. The fraction of sp³-hybridized carbons (Fsp3) is 0.357. The third-order valence-corrected chi connectivity index (χ3v) is 3.17. The fourth-order valence-electron chi connectivity index (χ4n) is 1.91. The highest BCUT2D eigenvalue weighted by Gasteiger charge is 2.06. The van der Waals surface area contributed by atoms with Crippen molar-refractivity contribution < 1.29 is 0 Å². The van der Waals surface area contributed by atoms with E-state index in [1.54, 1.807) is 0 Å². The van der Waals surface area contributed by atoms with Gasteiger partial charge < -0.3 is 10.2 Å². The van der Waals surface area contributed by atoms with Gasteiger partial charge in [0, 0.05) is 44.0 Å². The lowest BCUT2D eigenvalue weighted by Gasteiger charge is -2.18. The molecular weight excluding hydrogens is 260 g/mol. The molecule has 0 saturated carbocycles. The van der Waals surface area contributed by atoms with Crippen LogP contribution in [0.3, 0.4) is 0 Å². The van der Waals surface area contributed by atoms with E-state index in [0.29, 0.717) is 0 Å². The van der Waals surface area contributed by atoms with E-state index >= 15 is 0 Å². The van der Waals surface area contributed by atoms with Crippen molar-refractivity contribution in [1.29, 1.82) is 0 Å². The largest absolute Gasteiger partial charge is 0.379 e. The van der Waals surface area contributed by atoms with Crippen LogP contribution in [0, 0.1) is 0 Å². The quantitative estimate of drug-likeness (QED) is 0.911. The van der Waals surface area contributed by atoms with Gasteiger partial charge in [0.15, 0.2) is 0 Å². The summed E-state index contributed by atoms with van der Waals surface area (Å²) in [5, 5.41) is 8.41. The molecule has 1 N–H and O–H groups in total. The van der Waals surface area contributed by atoms with Crippen molar-refractivity contribution in [2.45, 2.75) is 20.0 Å². The van der Waals surface area contributed by atoms with Crippen molar-refractivity contribution in [1.82, 2.24) is 9.78 Å². The van der Waals surface area contributed by atoms with Crippen molar-refractivity contribution in [3.05, 3.63) is 41.2 Å². The summed E-state index contributed by atoms with van der Waals surface area (Å²) >= 11 is 6.05. The number of benzene rings is 1. The van der Waals surface area contributed by atoms with Crippen LogP contribution in [0.15, 0.2) is 30.6 Å². The van der Waals surface area contributed by atoms with Crippen molar-refractivity contribution in [3.63, 3.8) is 0 Å². The fourth-order valence-corrected chi connectivity index (χ4v) is 2.08. The van der Waals surface area contributed by atoms with Gasteiger partial charge in [0.2, 0.25) is 0 Å². The van der Waals surface area contributed by atoms with Crippen molar-refractivity contribution in [3.8, 4) is 0 Å². The monoisotopic (exact) mass is 278 g/mol. The van der Waals surface area contributed by atoms with Crippen molar-refractivity contribution in [2.75, 3.05) is 24.3 Å². The Hall–Kier alpha value is -1.68. The van der Waals surface area contributed by atoms with Crippen LogP contribution in [-0.2, 0) is 13.1 Å². The molecule has 0 unspecified atom stereocenters.